The molecule has 0 saturated heterocycles. The summed E-state index contributed by atoms with van der Waals surface area (Å²) in [6, 6.07) is 6.80. The zero-order valence-electron chi connectivity index (χ0n) is 10.1. The quantitative estimate of drug-likeness (QED) is 0.599. The van der Waals surface area contributed by atoms with Crippen molar-refractivity contribution in [3.05, 3.63) is 29.3 Å². The highest BCUT2D eigenvalue weighted by Crippen LogP contribution is 2.15. The van der Waals surface area contributed by atoms with Crippen molar-refractivity contribution >= 4 is 17.6 Å². The van der Waals surface area contributed by atoms with Gasteiger partial charge < -0.3 is 9.47 Å². The first-order valence-corrected chi connectivity index (χ1v) is 5.61. The number of ether oxygens (including phenoxy) is 2. The Kier molecular flexibility index (Phi) is 5.25. The van der Waals surface area contributed by atoms with E-state index in [9.17, 15) is 4.79 Å². The Morgan fingerprint density at radius 3 is 2.47 bits per heavy atom. The van der Waals surface area contributed by atoms with Crippen LogP contribution in [0.25, 0.3) is 0 Å². The number of hydrogen-bond donors (Lipinski definition) is 0. The fourth-order valence-electron chi connectivity index (χ4n) is 1.00. The summed E-state index contributed by atoms with van der Waals surface area (Å²) in [5.41, 5.74) is 0. The standard InChI is InChI=1S/C12H16ClNO3/c1-9(14(2)3)17-12(15)8-16-11-6-4-10(13)5-7-11/h4-7,9H,8H2,1-3H3. The molecule has 5 heteroatoms. The van der Waals surface area contributed by atoms with Gasteiger partial charge in [0.25, 0.3) is 0 Å². The van der Waals surface area contributed by atoms with Crippen molar-refractivity contribution in [3.63, 3.8) is 0 Å². The second-order valence-electron chi connectivity index (χ2n) is 3.80. The summed E-state index contributed by atoms with van der Waals surface area (Å²) in [5.74, 6) is 0.185. The Balaban J connectivity index is 2.35. The van der Waals surface area contributed by atoms with E-state index in [0.717, 1.165) is 0 Å². The molecule has 0 N–H and O–H groups in total. The molecule has 4 nitrogen and oxygen atoms in total. The lowest BCUT2D eigenvalue weighted by atomic mass is 10.3. The molecule has 0 bridgehead atoms. The molecule has 1 rings (SSSR count). The number of esters is 1. The maximum absolute atomic E-state index is 11.4. The Morgan fingerprint density at radius 1 is 1.35 bits per heavy atom. The summed E-state index contributed by atoms with van der Waals surface area (Å²) in [4.78, 5) is 13.2. The van der Waals surface area contributed by atoms with Gasteiger partial charge in [-0.3, -0.25) is 4.90 Å². The summed E-state index contributed by atoms with van der Waals surface area (Å²) in [6.07, 6.45) is -0.267. The van der Waals surface area contributed by atoms with Crippen molar-refractivity contribution in [2.24, 2.45) is 0 Å². The SMILES string of the molecule is CC(OC(=O)COc1ccc(Cl)cc1)N(C)C. The van der Waals surface area contributed by atoms with E-state index in [-0.39, 0.29) is 12.8 Å². The Morgan fingerprint density at radius 2 is 1.94 bits per heavy atom. The molecule has 1 aromatic carbocycles. The number of halogens is 1. The van der Waals surface area contributed by atoms with E-state index in [0.29, 0.717) is 10.8 Å². The van der Waals surface area contributed by atoms with Crippen molar-refractivity contribution in [1.29, 1.82) is 0 Å². The third kappa shape index (κ3) is 5.06. The van der Waals surface area contributed by atoms with Gasteiger partial charge in [0.2, 0.25) is 0 Å². The van der Waals surface area contributed by atoms with Crippen molar-refractivity contribution in [1.82, 2.24) is 4.90 Å². The summed E-state index contributed by atoms with van der Waals surface area (Å²) in [7, 11) is 3.66. The maximum atomic E-state index is 11.4. The predicted molar refractivity (Wildman–Crippen MR) is 66.2 cm³/mol. The van der Waals surface area contributed by atoms with Crippen LogP contribution in [0.4, 0.5) is 0 Å². The molecular weight excluding hydrogens is 242 g/mol. The fraction of sp³-hybridized carbons (Fsp3) is 0.417. The van der Waals surface area contributed by atoms with Crippen molar-refractivity contribution in [3.8, 4) is 5.75 Å². The van der Waals surface area contributed by atoms with Crippen molar-refractivity contribution in [2.45, 2.75) is 13.2 Å². The average Bonchev–Trinajstić information content (AvgIpc) is 2.28. The molecule has 0 aliphatic carbocycles. The molecule has 17 heavy (non-hydrogen) atoms. The molecule has 1 atom stereocenters. The van der Waals surface area contributed by atoms with Crippen LogP contribution in [-0.2, 0) is 9.53 Å². The summed E-state index contributed by atoms with van der Waals surface area (Å²) >= 11 is 5.73. The Bertz CT molecular complexity index is 365. The van der Waals surface area contributed by atoms with Crippen molar-refractivity contribution < 1.29 is 14.3 Å². The van der Waals surface area contributed by atoms with Gasteiger partial charge in [0.1, 0.15) is 5.75 Å². The molecule has 0 heterocycles. The molecule has 0 radical (unpaired) electrons. The smallest absolute Gasteiger partial charge is 0.345 e. The third-order valence-corrected chi connectivity index (χ3v) is 2.45. The Labute approximate surface area is 106 Å². The molecule has 1 aromatic rings. The van der Waals surface area contributed by atoms with Crippen LogP contribution >= 0.6 is 11.6 Å². The first-order chi connectivity index (χ1) is 7.99. The van der Waals surface area contributed by atoms with Gasteiger partial charge in [0.15, 0.2) is 12.8 Å². The number of carbonyl (C=O) groups excluding carboxylic acids is 1. The van der Waals surface area contributed by atoms with E-state index in [1.54, 1.807) is 36.1 Å². The van der Waals surface area contributed by atoms with E-state index in [2.05, 4.69) is 0 Å². The number of hydrogen-bond acceptors (Lipinski definition) is 4. The van der Waals surface area contributed by atoms with Crippen LogP contribution in [0.3, 0.4) is 0 Å². The lowest BCUT2D eigenvalue weighted by Gasteiger charge is -2.19. The molecule has 0 spiro atoms. The van der Waals surface area contributed by atoms with E-state index in [1.165, 1.54) is 0 Å². The largest absolute Gasteiger partial charge is 0.482 e. The summed E-state index contributed by atoms with van der Waals surface area (Å²) in [5, 5.41) is 0.626. The maximum Gasteiger partial charge on any atom is 0.345 e. The highest BCUT2D eigenvalue weighted by Gasteiger charge is 2.11. The molecular formula is C12H16ClNO3. The molecule has 0 aliphatic heterocycles. The monoisotopic (exact) mass is 257 g/mol. The Hall–Kier alpha value is -1.26. The molecule has 94 valence electrons. The van der Waals surface area contributed by atoms with E-state index >= 15 is 0 Å². The van der Waals surface area contributed by atoms with Crippen molar-refractivity contribution in [2.75, 3.05) is 20.7 Å². The highest BCUT2D eigenvalue weighted by atomic mass is 35.5. The van der Waals surface area contributed by atoms with E-state index in [4.69, 9.17) is 21.1 Å². The third-order valence-electron chi connectivity index (χ3n) is 2.20. The van der Waals surface area contributed by atoms with Crippen LogP contribution in [-0.4, -0.2) is 37.8 Å². The summed E-state index contributed by atoms with van der Waals surface area (Å²) in [6.45, 7) is 1.68. The average molecular weight is 258 g/mol. The van der Waals surface area contributed by atoms with Gasteiger partial charge in [-0.1, -0.05) is 11.6 Å². The van der Waals surface area contributed by atoms with Gasteiger partial charge >= 0.3 is 5.97 Å². The second-order valence-corrected chi connectivity index (χ2v) is 4.23. The number of nitrogens with zero attached hydrogens (tertiary/aromatic N) is 1. The minimum atomic E-state index is -0.402. The lowest BCUT2D eigenvalue weighted by Crippen LogP contribution is -2.31. The van der Waals surface area contributed by atoms with Crippen LogP contribution in [0.15, 0.2) is 24.3 Å². The molecule has 0 fully saturated rings. The van der Waals surface area contributed by atoms with Gasteiger partial charge in [-0.2, -0.15) is 0 Å². The molecule has 0 saturated carbocycles. The lowest BCUT2D eigenvalue weighted by molar-refractivity contribution is -0.157. The van der Waals surface area contributed by atoms with Crippen LogP contribution in [0.1, 0.15) is 6.92 Å². The number of carbonyl (C=O) groups is 1. The molecule has 1 unspecified atom stereocenters. The number of rotatable bonds is 5. The topological polar surface area (TPSA) is 38.8 Å². The minimum Gasteiger partial charge on any atom is -0.482 e. The van der Waals surface area contributed by atoms with E-state index < -0.39 is 5.97 Å². The first-order valence-electron chi connectivity index (χ1n) is 5.23. The second kappa shape index (κ2) is 6.47. The predicted octanol–water partition coefficient (Wildman–Crippen LogP) is 2.17. The fourth-order valence-corrected chi connectivity index (χ4v) is 1.13. The molecule has 0 amide bonds. The van der Waals surface area contributed by atoms with Gasteiger partial charge in [-0.15, -0.1) is 0 Å². The zero-order chi connectivity index (χ0) is 12.8. The summed E-state index contributed by atoms with van der Waals surface area (Å²) < 4.78 is 10.3. The van der Waals surface area contributed by atoms with Gasteiger partial charge in [0.05, 0.1) is 0 Å². The molecule has 0 aromatic heterocycles. The van der Waals surface area contributed by atoms with Crippen LogP contribution < -0.4 is 4.74 Å². The van der Waals surface area contributed by atoms with E-state index in [1.807, 2.05) is 14.1 Å². The van der Waals surface area contributed by atoms with Gasteiger partial charge in [-0.05, 0) is 45.3 Å². The number of benzene rings is 1. The van der Waals surface area contributed by atoms with Crippen LogP contribution in [0, 0.1) is 0 Å². The molecule has 0 aliphatic rings. The first kappa shape index (κ1) is 13.8. The normalized spacial score (nSPS) is 12.3. The van der Waals surface area contributed by atoms with Gasteiger partial charge in [-0.25, -0.2) is 4.79 Å². The van der Waals surface area contributed by atoms with Crippen LogP contribution in [0.5, 0.6) is 5.75 Å². The highest BCUT2D eigenvalue weighted by molar-refractivity contribution is 6.30. The van der Waals surface area contributed by atoms with Gasteiger partial charge in [0, 0.05) is 5.02 Å². The minimum absolute atomic E-state index is 0.111. The zero-order valence-corrected chi connectivity index (χ0v) is 10.9. The van der Waals surface area contributed by atoms with Crippen LogP contribution in [0.2, 0.25) is 5.02 Å².